The lowest BCUT2D eigenvalue weighted by Gasteiger charge is -2.19. The van der Waals surface area contributed by atoms with Gasteiger partial charge in [-0.25, -0.2) is 4.98 Å². The highest BCUT2D eigenvalue weighted by Gasteiger charge is 2.31. The Morgan fingerprint density at radius 1 is 1.19 bits per heavy atom. The van der Waals surface area contributed by atoms with Crippen molar-refractivity contribution in [3.63, 3.8) is 0 Å². The van der Waals surface area contributed by atoms with E-state index in [-0.39, 0.29) is 12.1 Å². The maximum absolute atomic E-state index is 5.95. The van der Waals surface area contributed by atoms with Crippen LogP contribution in [0.5, 0.6) is 0 Å². The van der Waals surface area contributed by atoms with E-state index in [4.69, 9.17) is 9.15 Å². The molecule has 0 aliphatic carbocycles. The van der Waals surface area contributed by atoms with Gasteiger partial charge in [-0.15, -0.1) is 0 Å². The summed E-state index contributed by atoms with van der Waals surface area (Å²) in [5.74, 6) is 1.48. The Morgan fingerprint density at radius 2 is 2.00 bits per heavy atom. The van der Waals surface area contributed by atoms with Crippen LogP contribution in [0.15, 0.2) is 41.1 Å². The van der Waals surface area contributed by atoms with Crippen molar-refractivity contribution in [1.29, 1.82) is 0 Å². The van der Waals surface area contributed by atoms with E-state index in [1.807, 2.05) is 17.9 Å². The number of rotatable bonds is 5. The first-order chi connectivity index (χ1) is 12.6. The second-order valence-corrected chi connectivity index (χ2v) is 6.86. The number of benzene rings is 1. The molecule has 2 atom stereocenters. The molecule has 1 aliphatic rings. The zero-order valence-corrected chi connectivity index (χ0v) is 15.4. The predicted octanol–water partition coefficient (Wildman–Crippen LogP) is 3.31. The predicted molar refractivity (Wildman–Crippen MR) is 98.6 cm³/mol. The fourth-order valence-electron chi connectivity index (χ4n) is 3.36. The lowest BCUT2D eigenvalue weighted by molar-refractivity contribution is 0.0974. The quantitative estimate of drug-likeness (QED) is 0.763. The minimum atomic E-state index is 0.0234. The number of aryl methyl sites for hydroxylation is 2. The molecule has 26 heavy (non-hydrogen) atoms. The van der Waals surface area contributed by atoms with Gasteiger partial charge < -0.3 is 14.5 Å². The van der Waals surface area contributed by atoms with E-state index in [2.05, 4.69) is 53.5 Å². The van der Waals surface area contributed by atoms with Crippen molar-refractivity contribution in [2.75, 3.05) is 6.61 Å². The minimum absolute atomic E-state index is 0.0234. The van der Waals surface area contributed by atoms with E-state index in [0.29, 0.717) is 12.4 Å². The van der Waals surface area contributed by atoms with Gasteiger partial charge in [-0.1, -0.05) is 29.8 Å². The van der Waals surface area contributed by atoms with E-state index in [1.54, 1.807) is 6.20 Å². The molecule has 1 N–H and O–H groups in total. The SMILES string of the molecule is Cc1ccc(-c2cnc(CN[C@H]3CCO[C@@H]3c3cnn(C)c3C)o2)cc1. The van der Waals surface area contributed by atoms with Gasteiger partial charge in [0.2, 0.25) is 5.89 Å². The number of hydrogen-bond acceptors (Lipinski definition) is 5. The normalized spacial score (nSPS) is 20.0. The Kier molecular flexibility index (Phi) is 4.61. The van der Waals surface area contributed by atoms with Gasteiger partial charge in [-0.3, -0.25) is 4.68 Å². The summed E-state index contributed by atoms with van der Waals surface area (Å²) in [7, 11) is 1.95. The first kappa shape index (κ1) is 17.0. The molecule has 3 heterocycles. The molecule has 0 saturated carbocycles. The van der Waals surface area contributed by atoms with Gasteiger partial charge in [-0.2, -0.15) is 5.10 Å². The molecule has 3 aromatic rings. The number of hydrogen-bond donors (Lipinski definition) is 1. The number of ether oxygens (including phenoxy) is 1. The van der Waals surface area contributed by atoms with Crippen molar-refractivity contribution in [1.82, 2.24) is 20.1 Å². The highest BCUT2D eigenvalue weighted by Crippen LogP contribution is 2.31. The fraction of sp³-hybridized carbons (Fsp3) is 0.400. The average Bonchev–Trinajstić information content (AvgIpc) is 3.36. The molecular weight excluding hydrogens is 328 g/mol. The molecule has 136 valence electrons. The first-order valence-corrected chi connectivity index (χ1v) is 8.97. The van der Waals surface area contributed by atoms with Gasteiger partial charge in [0.1, 0.15) is 6.10 Å². The van der Waals surface area contributed by atoms with Crippen LogP contribution in [-0.2, 0) is 18.3 Å². The van der Waals surface area contributed by atoms with Crippen LogP contribution in [-0.4, -0.2) is 27.4 Å². The molecule has 0 amide bonds. The summed E-state index contributed by atoms with van der Waals surface area (Å²) in [6.45, 7) is 5.47. The number of aromatic nitrogens is 3. The Balaban J connectivity index is 1.42. The van der Waals surface area contributed by atoms with Gasteiger partial charge in [-0.05, 0) is 20.3 Å². The van der Waals surface area contributed by atoms with Crippen molar-refractivity contribution < 1.29 is 9.15 Å². The second kappa shape index (κ2) is 7.05. The van der Waals surface area contributed by atoms with Gasteiger partial charge in [0.15, 0.2) is 5.76 Å². The monoisotopic (exact) mass is 352 g/mol. The van der Waals surface area contributed by atoms with Crippen LogP contribution >= 0.6 is 0 Å². The van der Waals surface area contributed by atoms with E-state index < -0.39 is 0 Å². The van der Waals surface area contributed by atoms with Gasteiger partial charge in [0, 0.05) is 36.5 Å². The summed E-state index contributed by atoms with van der Waals surface area (Å²) in [5.41, 5.74) is 4.56. The lowest BCUT2D eigenvalue weighted by Crippen LogP contribution is -2.31. The summed E-state index contributed by atoms with van der Waals surface area (Å²) in [4.78, 5) is 4.41. The minimum Gasteiger partial charge on any atom is -0.439 e. The third-order valence-electron chi connectivity index (χ3n) is 5.08. The molecule has 0 spiro atoms. The van der Waals surface area contributed by atoms with E-state index >= 15 is 0 Å². The molecule has 1 fully saturated rings. The van der Waals surface area contributed by atoms with Gasteiger partial charge in [0.05, 0.1) is 18.9 Å². The summed E-state index contributed by atoms with van der Waals surface area (Å²) in [5, 5.41) is 7.87. The summed E-state index contributed by atoms with van der Waals surface area (Å²) in [6.07, 6.45) is 4.68. The van der Waals surface area contributed by atoms with Gasteiger partial charge in [0.25, 0.3) is 0 Å². The molecule has 1 saturated heterocycles. The standard InChI is InChI=1S/C20H24N4O2/c1-13-4-6-15(7-5-13)18-11-22-19(26-18)12-21-17-8-9-25-20(17)16-10-23-24(3)14(16)2/h4-7,10-11,17,20-21H,8-9,12H2,1-3H3/t17-,20+/m0/s1. The van der Waals surface area contributed by atoms with E-state index in [1.165, 1.54) is 5.56 Å². The molecule has 0 unspecified atom stereocenters. The molecule has 6 nitrogen and oxygen atoms in total. The molecule has 0 bridgehead atoms. The molecular formula is C20H24N4O2. The third kappa shape index (κ3) is 3.30. The Morgan fingerprint density at radius 3 is 2.73 bits per heavy atom. The van der Waals surface area contributed by atoms with Crippen LogP contribution < -0.4 is 5.32 Å². The first-order valence-electron chi connectivity index (χ1n) is 8.97. The summed E-state index contributed by atoms with van der Waals surface area (Å²) >= 11 is 0. The fourth-order valence-corrected chi connectivity index (χ4v) is 3.36. The smallest absolute Gasteiger partial charge is 0.208 e. The zero-order valence-electron chi connectivity index (χ0n) is 15.4. The number of nitrogens with zero attached hydrogens (tertiary/aromatic N) is 3. The maximum atomic E-state index is 5.95. The molecule has 4 rings (SSSR count). The largest absolute Gasteiger partial charge is 0.439 e. The molecule has 6 heteroatoms. The van der Waals surface area contributed by atoms with Crippen LogP contribution in [0.25, 0.3) is 11.3 Å². The van der Waals surface area contributed by atoms with Crippen molar-refractivity contribution in [2.24, 2.45) is 7.05 Å². The number of nitrogens with one attached hydrogen (secondary N) is 1. The van der Waals surface area contributed by atoms with Crippen molar-refractivity contribution in [3.8, 4) is 11.3 Å². The van der Waals surface area contributed by atoms with Crippen LogP contribution in [0, 0.1) is 13.8 Å². The Bertz CT molecular complexity index is 882. The summed E-state index contributed by atoms with van der Waals surface area (Å²) < 4.78 is 13.7. The highest BCUT2D eigenvalue weighted by molar-refractivity contribution is 5.56. The maximum Gasteiger partial charge on any atom is 0.208 e. The van der Waals surface area contributed by atoms with Crippen molar-refractivity contribution >= 4 is 0 Å². The van der Waals surface area contributed by atoms with E-state index in [9.17, 15) is 0 Å². The number of oxazole rings is 1. The third-order valence-corrected chi connectivity index (χ3v) is 5.08. The Labute approximate surface area is 153 Å². The average molecular weight is 352 g/mol. The van der Waals surface area contributed by atoms with Crippen molar-refractivity contribution in [2.45, 2.75) is 39.0 Å². The molecule has 0 radical (unpaired) electrons. The lowest BCUT2D eigenvalue weighted by atomic mass is 10.0. The molecule has 1 aromatic carbocycles. The highest BCUT2D eigenvalue weighted by atomic mass is 16.5. The van der Waals surface area contributed by atoms with Crippen LogP contribution in [0.1, 0.15) is 35.2 Å². The molecule has 2 aromatic heterocycles. The van der Waals surface area contributed by atoms with Crippen LogP contribution in [0.4, 0.5) is 0 Å². The van der Waals surface area contributed by atoms with E-state index in [0.717, 1.165) is 35.6 Å². The molecule has 1 aliphatic heterocycles. The Hall–Kier alpha value is -2.44. The van der Waals surface area contributed by atoms with Crippen molar-refractivity contribution in [3.05, 3.63) is 59.4 Å². The zero-order chi connectivity index (χ0) is 18.1. The van der Waals surface area contributed by atoms with Crippen LogP contribution in [0.2, 0.25) is 0 Å². The topological polar surface area (TPSA) is 65.1 Å². The van der Waals surface area contributed by atoms with Gasteiger partial charge >= 0.3 is 0 Å². The summed E-state index contributed by atoms with van der Waals surface area (Å²) in [6, 6.07) is 8.49. The van der Waals surface area contributed by atoms with Crippen LogP contribution in [0.3, 0.4) is 0 Å². The second-order valence-electron chi connectivity index (χ2n) is 6.86.